The molecule has 1 fully saturated rings. The molecule has 31 heavy (non-hydrogen) atoms. The Morgan fingerprint density at radius 1 is 1.26 bits per heavy atom. The Morgan fingerprint density at radius 2 is 2.00 bits per heavy atom. The molecule has 1 atom stereocenters. The van der Waals surface area contributed by atoms with Crippen LogP contribution in [-0.2, 0) is 11.0 Å². The monoisotopic (exact) mass is 455 g/mol. The normalized spacial score (nSPS) is 16.5. The highest BCUT2D eigenvalue weighted by atomic mass is 35.5. The maximum absolute atomic E-state index is 12.8. The fourth-order valence-corrected chi connectivity index (χ4v) is 3.35. The maximum Gasteiger partial charge on any atom is 0.417 e. The predicted molar refractivity (Wildman–Crippen MR) is 110 cm³/mol. The van der Waals surface area contributed by atoms with E-state index in [1.807, 2.05) is 0 Å². The van der Waals surface area contributed by atoms with Crippen molar-refractivity contribution >= 4 is 35.1 Å². The standard InChI is InChI=1S/C20H21ClF3N5O2/c1-11(2)18(30)28-16-7-12(3-5-25-16)19(31)27-14-4-6-29(10-14)17-15(21)8-13(9-26-17)20(22,23)24/h3,5,7-9,11,14H,4,6,10H2,1-2H3,(H,27,31)(H,25,28,30)/t14-/m1/s1. The molecule has 2 aromatic heterocycles. The molecule has 1 aliphatic heterocycles. The molecule has 2 aromatic rings. The first-order valence-corrected chi connectivity index (χ1v) is 9.98. The number of aromatic nitrogens is 2. The Bertz CT molecular complexity index is 984. The van der Waals surface area contributed by atoms with Crippen molar-refractivity contribution < 1.29 is 22.8 Å². The van der Waals surface area contributed by atoms with Crippen LogP contribution in [0, 0.1) is 5.92 Å². The molecular weight excluding hydrogens is 435 g/mol. The van der Waals surface area contributed by atoms with Gasteiger partial charge in [-0.2, -0.15) is 13.2 Å². The van der Waals surface area contributed by atoms with E-state index in [1.54, 1.807) is 18.7 Å². The van der Waals surface area contributed by atoms with E-state index >= 15 is 0 Å². The van der Waals surface area contributed by atoms with E-state index in [0.717, 1.165) is 12.3 Å². The lowest BCUT2D eigenvalue weighted by atomic mass is 10.2. The van der Waals surface area contributed by atoms with Crippen molar-refractivity contribution in [3.05, 3.63) is 46.7 Å². The molecular formula is C20H21ClF3N5O2. The van der Waals surface area contributed by atoms with Gasteiger partial charge in [-0.15, -0.1) is 0 Å². The molecule has 0 unspecified atom stereocenters. The van der Waals surface area contributed by atoms with Crippen molar-refractivity contribution in [2.45, 2.75) is 32.5 Å². The first-order chi connectivity index (χ1) is 14.5. The van der Waals surface area contributed by atoms with Gasteiger partial charge in [-0.1, -0.05) is 25.4 Å². The van der Waals surface area contributed by atoms with E-state index < -0.39 is 11.7 Å². The van der Waals surface area contributed by atoms with E-state index in [2.05, 4.69) is 20.6 Å². The summed E-state index contributed by atoms with van der Waals surface area (Å²) < 4.78 is 38.4. The van der Waals surface area contributed by atoms with E-state index in [9.17, 15) is 22.8 Å². The zero-order valence-electron chi connectivity index (χ0n) is 16.8. The van der Waals surface area contributed by atoms with Gasteiger partial charge in [0.2, 0.25) is 5.91 Å². The van der Waals surface area contributed by atoms with Crippen LogP contribution in [0.4, 0.5) is 24.8 Å². The highest BCUT2D eigenvalue weighted by molar-refractivity contribution is 6.33. The highest BCUT2D eigenvalue weighted by Crippen LogP contribution is 2.34. The average molecular weight is 456 g/mol. The van der Waals surface area contributed by atoms with Gasteiger partial charge in [-0.3, -0.25) is 9.59 Å². The molecule has 166 valence electrons. The second-order valence-corrected chi connectivity index (χ2v) is 7.91. The molecule has 3 heterocycles. The van der Waals surface area contributed by atoms with Crippen LogP contribution in [0.25, 0.3) is 0 Å². The van der Waals surface area contributed by atoms with Gasteiger partial charge in [0.05, 0.1) is 10.6 Å². The third-order valence-corrected chi connectivity index (χ3v) is 5.05. The molecule has 0 bridgehead atoms. The molecule has 1 saturated heterocycles. The van der Waals surface area contributed by atoms with Crippen LogP contribution in [0.5, 0.6) is 0 Å². The molecule has 0 spiro atoms. The van der Waals surface area contributed by atoms with Crippen molar-refractivity contribution in [2.75, 3.05) is 23.3 Å². The summed E-state index contributed by atoms with van der Waals surface area (Å²) in [6, 6.07) is 3.62. The SMILES string of the molecule is CC(C)C(=O)Nc1cc(C(=O)N[C@@H]2CCN(c3ncc(C(F)(F)F)cc3Cl)C2)ccn1. The Kier molecular flexibility index (Phi) is 6.68. The molecule has 0 saturated carbocycles. The van der Waals surface area contributed by atoms with Crippen LogP contribution >= 0.6 is 11.6 Å². The van der Waals surface area contributed by atoms with Crippen LogP contribution in [0.15, 0.2) is 30.6 Å². The topological polar surface area (TPSA) is 87.2 Å². The van der Waals surface area contributed by atoms with Gasteiger partial charge in [0.15, 0.2) is 0 Å². The van der Waals surface area contributed by atoms with Crippen LogP contribution < -0.4 is 15.5 Å². The van der Waals surface area contributed by atoms with Crippen molar-refractivity contribution in [3.8, 4) is 0 Å². The summed E-state index contributed by atoms with van der Waals surface area (Å²) in [5, 5.41) is 5.42. The van der Waals surface area contributed by atoms with Gasteiger partial charge in [0.1, 0.15) is 11.6 Å². The number of nitrogens with one attached hydrogen (secondary N) is 2. The number of hydrogen-bond acceptors (Lipinski definition) is 5. The number of nitrogens with zero attached hydrogens (tertiary/aromatic N) is 3. The summed E-state index contributed by atoms with van der Waals surface area (Å²) in [6.45, 7) is 4.33. The summed E-state index contributed by atoms with van der Waals surface area (Å²) in [4.78, 5) is 34.0. The second kappa shape index (κ2) is 9.09. The third kappa shape index (κ3) is 5.63. The van der Waals surface area contributed by atoms with Gasteiger partial charge < -0.3 is 15.5 Å². The summed E-state index contributed by atoms with van der Waals surface area (Å²) >= 11 is 6.01. The van der Waals surface area contributed by atoms with Crippen LogP contribution in [0.3, 0.4) is 0 Å². The predicted octanol–water partition coefficient (Wildman–Crippen LogP) is 3.75. The van der Waals surface area contributed by atoms with E-state index in [1.165, 1.54) is 18.3 Å². The Hall–Kier alpha value is -2.88. The second-order valence-electron chi connectivity index (χ2n) is 7.51. The average Bonchev–Trinajstić information content (AvgIpc) is 3.15. The molecule has 3 rings (SSSR count). The zero-order valence-corrected chi connectivity index (χ0v) is 17.6. The Labute approximate surface area is 182 Å². The van der Waals surface area contributed by atoms with Gasteiger partial charge in [0.25, 0.3) is 5.91 Å². The lowest BCUT2D eigenvalue weighted by molar-refractivity contribution is -0.137. The first kappa shape index (κ1) is 22.8. The van der Waals surface area contributed by atoms with E-state index in [0.29, 0.717) is 25.1 Å². The number of alkyl halides is 3. The van der Waals surface area contributed by atoms with Gasteiger partial charge in [0, 0.05) is 43.0 Å². The van der Waals surface area contributed by atoms with Crippen molar-refractivity contribution in [3.63, 3.8) is 0 Å². The first-order valence-electron chi connectivity index (χ1n) is 9.60. The number of carbonyl (C=O) groups is 2. The number of halogens is 4. The van der Waals surface area contributed by atoms with Gasteiger partial charge in [-0.25, -0.2) is 9.97 Å². The quantitative estimate of drug-likeness (QED) is 0.717. The maximum atomic E-state index is 12.8. The molecule has 11 heteroatoms. The number of hydrogen-bond donors (Lipinski definition) is 2. The minimum atomic E-state index is -4.52. The van der Waals surface area contributed by atoms with Gasteiger partial charge in [-0.05, 0) is 24.6 Å². The number of amides is 2. The van der Waals surface area contributed by atoms with Crippen molar-refractivity contribution in [2.24, 2.45) is 5.92 Å². The number of rotatable bonds is 5. The van der Waals surface area contributed by atoms with Crippen LogP contribution in [0.1, 0.15) is 36.2 Å². The minimum absolute atomic E-state index is 0.0959. The number of carbonyl (C=O) groups excluding carboxylic acids is 2. The summed E-state index contributed by atoms with van der Waals surface area (Å²) in [5.74, 6) is -0.262. The summed E-state index contributed by atoms with van der Waals surface area (Å²) in [7, 11) is 0. The van der Waals surface area contributed by atoms with Gasteiger partial charge >= 0.3 is 6.18 Å². The molecule has 0 aromatic carbocycles. The molecule has 1 aliphatic rings. The highest BCUT2D eigenvalue weighted by Gasteiger charge is 2.33. The lowest BCUT2D eigenvalue weighted by Gasteiger charge is -2.20. The van der Waals surface area contributed by atoms with Crippen LogP contribution in [-0.4, -0.2) is 40.9 Å². The number of anilines is 2. The third-order valence-electron chi connectivity index (χ3n) is 4.77. The molecule has 0 aliphatic carbocycles. The smallest absolute Gasteiger partial charge is 0.353 e. The Morgan fingerprint density at radius 3 is 2.65 bits per heavy atom. The molecule has 7 nitrogen and oxygen atoms in total. The molecule has 2 N–H and O–H groups in total. The van der Waals surface area contributed by atoms with E-state index in [-0.39, 0.29) is 40.4 Å². The minimum Gasteiger partial charge on any atom is -0.353 e. The molecule has 2 amide bonds. The van der Waals surface area contributed by atoms with Crippen LogP contribution in [0.2, 0.25) is 5.02 Å². The fraction of sp³-hybridized carbons (Fsp3) is 0.400. The molecule has 0 radical (unpaired) electrons. The largest absolute Gasteiger partial charge is 0.417 e. The summed E-state index contributed by atoms with van der Waals surface area (Å²) in [5.41, 5.74) is -0.582. The van der Waals surface area contributed by atoms with E-state index in [4.69, 9.17) is 11.6 Å². The number of pyridine rings is 2. The lowest BCUT2D eigenvalue weighted by Crippen LogP contribution is -2.37. The summed E-state index contributed by atoms with van der Waals surface area (Å²) in [6.07, 6.45) is -1.77. The zero-order chi connectivity index (χ0) is 22.8. The van der Waals surface area contributed by atoms with Crippen molar-refractivity contribution in [1.29, 1.82) is 0 Å². The fourth-order valence-electron chi connectivity index (χ4n) is 3.07. The van der Waals surface area contributed by atoms with Crippen molar-refractivity contribution in [1.82, 2.24) is 15.3 Å². The Balaban J connectivity index is 1.63.